The number of anilines is 1. The molecule has 6 nitrogen and oxygen atoms in total. The van der Waals surface area contributed by atoms with Crippen molar-refractivity contribution in [3.63, 3.8) is 0 Å². The van der Waals surface area contributed by atoms with E-state index in [1.807, 2.05) is 13.8 Å². The van der Waals surface area contributed by atoms with Crippen molar-refractivity contribution in [3.05, 3.63) is 28.7 Å². The van der Waals surface area contributed by atoms with E-state index in [1.165, 1.54) is 17.6 Å². The van der Waals surface area contributed by atoms with Crippen LogP contribution >= 0.6 is 23.7 Å². The van der Waals surface area contributed by atoms with Gasteiger partial charge in [-0.3, -0.25) is 10.1 Å². The molecular weight excluding hydrogens is 288 g/mol. The van der Waals surface area contributed by atoms with Gasteiger partial charge in [0.15, 0.2) is 0 Å². The van der Waals surface area contributed by atoms with Gasteiger partial charge < -0.3 is 10.2 Å². The maximum absolute atomic E-state index is 11.8. The van der Waals surface area contributed by atoms with Gasteiger partial charge in [-0.25, -0.2) is 0 Å². The topological polar surface area (TPSA) is 94.0 Å². The van der Waals surface area contributed by atoms with Gasteiger partial charge in [0.25, 0.3) is 5.91 Å². The maximum atomic E-state index is 11.8. The summed E-state index contributed by atoms with van der Waals surface area (Å²) in [4.78, 5) is 11.8. The number of hydrogen-bond acceptors (Lipinski definition) is 6. The van der Waals surface area contributed by atoms with E-state index in [9.17, 15) is 4.79 Å². The second-order valence-electron chi connectivity index (χ2n) is 4.06. The molecule has 0 aliphatic heterocycles. The van der Waals surface area contributed by atoms with Gasteiger partial charge in [-0.15, -0.1) is 22.6 Å². The Morgan fingerprint density at radius 1 is 1.53 bits per heavy atom. The predicted octanol–water partition coefficient (Wildman–Crippen LogP) is 2.39. The van der Waals surface area contributed by atoms with Gasteiger partial charge in [0.1, 0.15) is 17.0 Å². The van der Waals surface area contributed by atoms with Crippen LogP contribution in [0.3, 0.4) is 0 Å². The first-order valence-corrected chi connectivity index (χ1v) is 6.34. The molecule has 0 aliphatic carbocycles. The Balaban J connectivity index is 0.00000180. The minimum atomic E-state index is -0.273. The van der Waals surface area contributed by atoms with Gasteiger partial charge in [-0.05, 0) is 6.07 Å². The Hall–Kier alpha value is -1.44. The molecule has 2 rings (SSSR count). The normalized spacial score (nSPS) is 10.3. The Labute approximate surface area is 120 Å². The number of nitrogens with two attached hydrogens (primary N) is 1. The number of nitrogens with zero attached hydrogens (tertiary/aromatic N) is 2. The quantitative estimate of drug-likeness (QED) is 0.904. The first-order chi connectivity index (χ1) is 8.60. The number of aromatic nitrogens is 2. The third kappa shape index (κ3) is 3.76. The molecule has 0 aliphatic rings. The van der Waals surface area contributed by atoms with Crippen LogP contribution in [0.15, 0.2) is 16.7 Å². The van der Waals surface area contributed by atoms with E-state index in [0.29, 0.717) is 22.4 Å². The summed E-state index contributed by atoms with van der Waals surface area (Å²) in [5.74, 6) is 0.594. The van der Waals surface area contributed by atoms with Crippen molar-refractivity contribution >= 4 is 34.8 Å². The summed E-state index contributed by atoms with van der Waals surface area (Å²) < 4.78 is 5.10. The van der Waals surface area contributed by atoms with Gasteiger partial charge in [0.2, 0.25) is 5.13 Å². The van der Waals surface area contributed by atoms with E-state index >= 15 is 0 Å². The molecule has 0 bridgehead atoms. The molecule has 104 valence electrons. The van der Waals surface area contributed by atoms with Crippen molar-refractivity contribution < 1.29 is 9.21 Å². The zero-order valence-electron chi connectivity index (χ0n) is 10.5. The van der Waals surface area contributed by atoms with Crippen LogP contribution in [-0.2, 0) is 6.54 Å². The molecule has 0 fully saturated rings. The van der Waals surface area contributed by atoms with Crippen molar-refractivity contribution in [1.82, 2.24) is 10.2 Å². The molecule has 0 saturated heterocycles. The fourth-order valence-corrected chi connectivity index (χ4v) is 2.04. The summed E-state index contributed by atoms with van der Waals surface area (Å²) in [5.41, 5.74) is 5.83. The van der Waals surface area contributed by atoms with Crippen LogP contribution in [0.2, 0.25) is 0 Å². The highest BCUT2D eigenvalue weighted by Crippen LogP contribution is 2.22. The zero-order valence-corrected chi connectivity index (χ0v) is 12.2. The van der Waals surface area contributed by atoms with E-state index in [2.05, 4.69) is 15.5 Å². The lowest BCUT2D eigenvalue weighted by molar-refractivity contribution is 0.102. The third-order valence-electron chi connectivity index (χ3n) is 2.27. The van der Waals surface area contributed by atoms with E-state index < -0.39 is 0 Å². The number of amides is 1. The van der Waals surface area contributed by atoms with Crippen molar-refractivity contribution in [2.75, 3.05) is 5.32 Å². The highest BCUT2D eigenvalue weighted by molar-refractivity contribution is 7.15. The molecular formula is C11H15ClN4O2S. The summed E-state index contributed by atoms with van der Waals surface area (Å²) in [6.07, 6.45) is 1.38. The van der Waals surface area contributed by atoms with Crippen LogP contribution in [0, 0.1) is 0 Å². The summed E-state index contributed by atoms with van der Waals surface area (Å²) >= 11 is 1.37. The lowest BCUT2D eigenvalue weighted by Gasteiger charge is -1.97. The number of carbonyl (C=O) groups excluding carboxylic acids is 1. The second kappa shape index (κ2) is 6.65. The highest BCUT2D eigenvalue weighted by Gasteiger charge is 2.13. The molecule has 1 amide bonds. The van der Waals surface area contributed by atoms with Crippen LogP contribution in [-0.4, -0.2) is 16.1 Å². The first kappa shape index (κ1) is 15.6. The van der Waals surface area contributed by atoms with Gasteiger partial charge >= 0.3 is 0 Å². The third-order valence-corrected chi connectivity index (χ3v) is 3.41. The molecule has 0 atom stereocenters. The molecule has 0 aromatic carbocycles. The number of rotatable bonds is 4. The first-order valence-electron chi connectivity index (χ1n) is 5.52. The van der Waals surface area contributed by atoms with Crippen LogP contribution in [0.25, 0.3) is 0 Å². The van der Waals surface area contributed by atoms with Crippen molar-refractivity contribution in [3.8, 4) is 0 Å². The van der Waals surface area contributed by atoms with Gasteiger partial charge in [-0.2, -0.15) is 0 Å². The fourth-order valence-electron chi connectivity index (χ4n) is 1.29. The Kier molecular flexibility index (Phi) is 5.46. The van der Waals surface area contributed by atoms with Crippen molar-refractivity contribution in [2.24, 2.45) is 5.73 Å². The molecule has 2 aromatic rings. The van der Waals surface area contributed by atoms with E-state index in [1.54, 1.807) is 6.07 Å². The molecule has 0 spiro atoms. The molecule has 0 saturated carbocycles. The smallest absolute Gasteiger partial charge is 0.260 e. The average molecular weight is 303 g/mol. The SMILES string of the molecule is CC(C)c1nnc(NC(=O)c2coc(CN)c2)s1.Cl. The monoisotopic (exact) mass is 302 g/mol. The lowest BCUT2D eigenvalue weighted by Crippen LogP contribution is -2.10. The van der Waals surface area contributed by atoms with Gasteiger partial charge in [0.05, 0.1) is 12.1 Å². The summed E-state index contributed by atoms with van der Waals surface area (Å²) in [7, 11) is 0. The number of furan rings is 1. The zero-order chi connectivity index (χ0) is 13.1. The Morgan fingerprint density at radius 3 is 2.79 bits per heavy atom. The summed E-state index contributed by atoms with van der Waals surface area (Å²) in [6.45, 7) is 4.31. The summed E-state index contributed by atoms with van der Waals surface area (Å²) in [6, 6.07) is 1.61. The standard InChI is InChI=1S/C11H14N4O2S.ClH/c1-6(2)10-14-15-11(18-10)13-9(16)7-3-8(4-12)17-5-7;/h3,5-6H,4,12H2,1-2H3,(H,13,15,16);1H. The molecule has 3 N–H and O–H groups in total. The molecule has 2 aromatic heterocycles. The van der Waals surface area contributed by atoms with E-state index in [0.717, 1.165) is 5.01 Å². The molecule has 2 heterocycles. The van der Waals surface area contributed by atoms with E-state index in [4.69, 9.17) is 10.2 Å². The molecule has 0 unspecified atom stereocenters. The molecule has 8 heteroatoms. The highest BCUT2D eigenvalue weighted by atomic mass is 35.5. The Bertz CT molecular complexity index is 552. The van der Waals surface area contributed by atoms with Crippen LogP contribution in [0.4, 0.5) is 5.13 Å². The minimum Gasteiger partial charge on any atom is -0.467 e. The fraction of sp³-hybridized carbons (Fsp3) is 0.364. The second-order valence-corrected chi connectivity index (χ2v) is 5.07. The van der Waals surface area contributed by atoms with Crippen LogP contribution < -0.4 is 11.1 Å². The van der Waals surface area contributed by atoms with Gasteiger partial charge in [-0.1, -0.05) is 25.2 Å². The van der Waals surface area contributed by atoms with Gasteiger partial charge in [0, 0.05) is 5.92 Å². The van der Waals surface area contributed by atoms with Crippen molar-refractivity contribution in [1.29, 1.82) is 0 Å². The average Bonchev–Trinajstić information content (AvgIpc) is 2.96. The predicted molar refractivity (Wildman–Crippen MR) is 75.8 cm³/mol. The van der Waals surface area contributed by atoms with Crippen LogP contribution in [0.5, 0.6) is 0 Å². The molecule has 19 heavy (non-hydrogen) atoms. The number of nitrogens with one attached hydrogen (secondary N) is 1. The minimum absolute atomic E-state index is 0. The lowest BCUT2D eigenvalue weighted by atomic mass is 10.2. The number of hydrogen-bond donors (Lipinski definition) is 2. The summed E-state index contributed by atoms with van der Waals surface area (Å²) in [5, 5.41) is 12.0. The van der Waals surface area contributed by atoms with Crippen molar-refractivity contribution in [2.45, 2.75) is 26.3 Å². The van der Waals surface area contributed by atoms with E-state index in [-0.39, 0.29) is 24.9 Å². The largest absolute Gasteiger partial charge is 0.467 e. The number of carbonyl (C=O) groups is 1. The van der Waals surface area contributed by atoms with Crippen LogP contribution in [0.1, 0.15) is 40.9 Å². The Morgan fingerprint density at radius 2 is 2.26 bits per heavy atom. The number of halogens is 1. The maximum Gasteiger partial charge on any atom is 0.260 e. The molecule has 0 radical (unpaired) electrons.